The fourth-order valence-electron chi connectivity index (χ4n) is 19.0. The third kappa shape index (κ3) is 10.9. The second-order valence-corrected chi connectivity index (χ2v) is 31.7. The van der Waals surface area contributed by atoms with Gasteiger partial charge in [-0.05, 0) is 229 Å². The van der Waals surface area contributed by atoms with Crippen LogP contribution in [0.25, 0.3) is 0 Å². The molecule has 0 N–H and O–H groups in total. The minimum atomic E-state index is 0. The van der Waals surface area contributed by atoms with Crippen molar-refractivity contribution in [2.24, 2.45) is 29.6 Å². The molecule has 85 heavy (non-hydrogen) atoms. The summed E-state index contributed by atoms with van der Waals surface area (Å²) in [5.41, 5.74) is 7.45. The lowest BCUT2D eigenvalue weighted by Gasteiger charge is -2.50. The average Bonchev–Trinajstić information content (AvgIpc) is 3.17. The lowest BCUT2D eigenvalue weighted by atomic mass is 9.73. The first-order valence-corrected chi connectivity index (χ1v) is 35.3. The Hall–Kier alpha value is -2.83. The minimum Gasteiger partial charge on any atom is -0.485 e. The van der Waals surface area contributed by atoms with Gasteiger partial charge in [0.1, 0.15) is 56.8 Å². The summed E-state index contributed by atoms with van der Waals surface area (Å²) in [7, 11) is 0. The van der Waals surface area contributed by atoms with Gasteiger partial charge in [0, 0.05) is 113 Å². The molecule has 0 aromatic heterocycles. The van der Waals surface area contributed by atoms with Crippen molar-refractivity contribution < 1.29 is 23.7 Å². The molecule has 5 spiro atoms. The molecular formula is C70H83Br4N5O5S. The number of benzene rings is 5. The summed E-state index contributed by atoms with van der Waals surface area (Å²) in [6.07, 6.45) is 18.7. The van der Waals surface area contributed by atoms with E-state index < -0.39 is 0 Å². The van der Waals surface area contributed by atoms with E-state index in [4.69, 9.17) is 23.7 Å². The van der Waals surface area contributed by atoms with E-state index in [-0.39, 0.29) is 41.5 Å². The average molecular weight is 1430 g/mol. The highest BCUT2D eigenvalue weighted by molar-refractivity contribution is 9.11. The zero-order valence-electron chi connectivity index (χ0n) is 49.1. The van der Waals surface area contributed by atoms with E-state index in [0.717, 1.165) is 141 Å². The molecule has 15 saturated heterocycles. The van der Waals surface area contributed by atoms with Crippen molar-refractivity contribution in [2.75, 3.05) is 98.2 Å². The normalized spacial score (nSPS) is 38.0. The van der Waals surface area contributed by atoms with Crippen LogP contribution in [0.2, 0.25) is 0 Å². The Morgan fingerprint density at radius 2 is 0.588 bits per heavy atom. The van der Waals surface area contributed by atoms with Crippen molar-refractivity contribution in [1.82, 2.24) is 24.5 Å². The van der Waals surface area contributed by atoms with Crippen LogP contribution >= 0.6 is 77.2 Å². The molecule has 0 amide bonds. The molecule has 10 nitrogen and oxygen atoms in total. The van der Waals surface area contributed by atoms with Gasteiger partial charge in [-0.2, -0.15) is 13.5 Å². The topological polar surface area (TPSA) is 62.3 Å². The molecular weight excluding hydrogens is 1340 g/mol. The maximum Gasteiger partial charge on any atom is 0.137 e. The Morgan fingerprint density at radius 3 is 0.906 bits per heavy atom. The summed E-state index contributed by atoms with van der Waals surface area (Å²) >= 11 is 14.3. The van der Waals surface area contributed by atoms with Gasteiger partial charge in [-0.25, -0.2) is 0 Å². The Kier molecular flexibility index (Phi) is 15.9. The van der Waals surface area contributed by atoms with Gasteiger partial charge in [-0.15, -0.1) is 0 Å². The molecule has 0 radical (unpaired) electrons. The first-order chi connectivity index (χ1) is 40.9. The fourth-order valence-corrected chi connectivity index (χ4v) is 21.2. The van der Waals surface area contributed by atoms with Gasteiger partial charge < -0.3 is 23.7 Å². The molecule has 452 valence electrons. The maximum absolute atomic E-state index is 6.45. The standard InChI is InChI=1S/C14H15Br2NO.2C14H16BrNO.2C14H17NO.H2S/c15-11-5-9-7-14(18-13(9)12(16)6-11)8-17-3-1-10(14)2-4-17;2*15-12-1-2-13-10(7-12)8-14(17-13)9-16-5-3-11(14)4-6-16;2*1-2-4-13-11(3-1)9-14(16-13)10-15-7-5-12(14)6-8-15;/h5-6,10H,1-4,7-8H2;2*1-2,7,11H,3-6,8-9H2;2*1-4,12H,5-10H2;1H2/t5*14-;/m01010./s1. The molecule has 20 heterocycles. The van der Waals surface area contributed by atoms with E-state index in [2.05, 4.69) is 185 Å². The lowest BCUT2D eigenvalue weighted by Crippen LogP contribution is -2.61. The summed E-state index contributed by atoms with van der Waals surface area (Å²) < 4.78 is 36.4. The van der Waals surface area contributed by atoms with Gasteiger partial charge in [-0.1, -0.05) is 84.2 Å². The Labute approximate surface area is 544 Å². The molecule has 5 aromatic carbocycles. The zero-order chi connectivity index (χ0) is 56.4. The van der Waals surface area contributed by atoms with Crippen LogP contribution in [-0.4, -0.2) is 151 Å². The second-order valence-electron chi connectivity index (χ2n) is 28.1. The van der Waals surface area contributed by atoms with Gasteiger partial charge in [0.25, 0.3) is 0 Å². The molecule has 0 saturated carbocycles. The summed E-state index contributed by atoms with van der Waals surface area (Å²) in [5, 5.41) is 0. The van der Waals surface area contributed by atoms with Crippen molar-refractivity contribution in [3.8, 4) is 28.7 Å². The number of piperidine rings is 15. The van der Waals surface area contributed by atoms with Gasteiger partial charge in [0.15, 0.2) is 0 Å². The van der Waals surface area contributed by atoms with Gasteiger partial charge in [0.2, 0.25) is 0 Å². The minimum absolute atomic E-state index is 0. The van der Waals surface area contributed by atoms with Crippen molar-refractivity contribution in [3.05, 3.63) is 143 Å². The number of para-hydroxylation sites is 2. The maximum atomic E-state index is 6.45. The summed E-state index contributed by atoms with van der Waals surface area (Å²) in [5.74, 6) is 9.40. The molecule has 20 aliphatic heterocycles. The highest BCUT2D eigenvalue weighted by Gasteiger charge is 2.56. The lowest BCUT2D eigenvalue weighted by molar-refractivity contribution is -0.0801. The van der Waals surface area contributed by atoms with E-state index in [9.17, 15) is 0 Å². The van der Waals surface area contributed by atoms with Crippen LogP contribution in [0.1, 0.15) is 92.0 Å². The number of halogens is 4. The van der Waals surface area contributed by atoms with Crippen LogP contribution in [-0.2, 0) is 32.1 Å². The van der Waals surface area contributed by atoms with Crippen LogP contribution in [0.5, 0.6) is 28.7 Å². The largest absolute Gasteiger partial charge is 0.485 e. The quantitative estimate of drug-likeness (QED) is 0.150. The Balaban J connectivity index is 0.0000000899. The van der Waals surface area contributed by atoms with E-state index in [1.165, 1.54) is 157 Å². The molecule has 15 heteroatoms. The smallest absolute Gasteiger partial charge is 0.137 e. The van der Waals surface area contributed by atoms with Gasteiger partial charge in [-0.3, -0.25) is 24.5 Å². The molecule has 5 atom stereocenters. The number of ether oxygens (including phenoxy) is 5. The van der Waals surface area contributed by atoms with Crippen LogP contribution in [0, 0.1) is 29.6 Å². The monoisotopic (exact) mass is 1420 g/mol. The third-order valence-corrected chi connectivity index (χ3v) is 25.2. The number of hydrogen-bond donors (Lipinski definition) is 0. The zero-order valence-corrected chi connectivity index (χ0v) is 56.5. The van der Waals surface area contributed by atoms with E-state index in [1.54, 1.807) is 0 Å². The predicted octanol–water partition coefficient (Wildman–Crippen LogP) is 13.6. The number of rotatable bonds is 0. The van der Waals surface area contributed by atoms with Crippen molar-refractivity contribution in [3.63, 3.8) is 0 Å². The highest BCUT2D eigenvalue weighted by Crippen LogP contribution is 2.53. The number of fused-ring (bicyclic) bond motifs is 15. The summed E-state index contributed by atoms with van der Waals surface area (Å²) in [4.78, 5) is 12.9. The van der Waals surface area contributed by atoms with Crippen molar-refractivity contribution in [2.45, 2.75) is 124 Å². The molecule has 10 bridgehead atoms. The van der Waals surface area contributed by atoms with Crippen molar-refractivity contribution >= 4 is 77.2 Å². The predicted molar refractivity (Wildman–Crippen MR) is 355 cm³/mol. The van der Waals surface area contributed by atoms with Crippen molar-refractivity contribution in [1.29, 1.82) is 0 Å². The molecule has 0 unspecified atom stereocenters. The first kappa shape index (κ1) is 58.5. The van der Waals surface area contributed by atoms with Crippen LogP contribution in [0.4, 0.5) is 0 Å². The molecule has 15 fully saturated rings. The summed E-state index contributed by atoms with van der Waals surface area (Å²) in [6.45, 7) is 18.4. The molecule has 25 rings (SSSR count). The Bertz CT molecular complexity index is 3080. The SMILES string of the molecule is Brc1cc(Br)c2c(c1)C[C@@]1(CN3CCC1CC3)O2.Brc1ccc2c(c1)C[C@@]1(CN3CCC1CC3)O2.Brc1ccc2c(c1)C[C@]1(CN3CCC1CC3)O2.S.c1ccc2c(c1)C[C@@]1(CN3CCC1CC3)O2.c1ccc2c(c1)C[C@]1(CN3CCC1CC3)O2. The molecule has 0 aliphatic carbocycles. The van der Waals surface area contributed by atoms with E-state index in [1.807, 2.05) is 0 Å². The van der Waals surface area contributed by atoms with E-state index >= 15 is 0 Å². The molecule has 20 aliphatic rings. The molecule has 5 aromatic rings. The fraction of sp³-hybridized carbons (Fsp3) is 0.571. The third-order valence-electron chi connectivity index (χ3n) is 23.2. The van der Waals surface area contributed by atoms with Gasteiger partial charge >= 0.3 is 0 Å². The second kappa shape index (κ2) is 23.1. The van der Waals surface area contributed by atoms with Gasteiger partial charge in [0.05, 0.1) is 4.47 Å². The summed E-state index contributed by atoms with van der Waals surface area (Å²) in [6, 6.07) is 34.3. The van der Waals surface area contributed by atoms with E-state index in [0.29, 0.717) is 0 Å². The van der Waals surface area contributed by atoms with Crippen LogP contribution in [0.15, 0.2) is 115 Å². The number of nitrogens with zero attached hydrogens (tertiary/aromatic N) is 5. The first-order valence-electron chi connectivity index (χ1n) is 32.2. The van der Waals surface area contributed by atoms with Crippen LogP contribution < -0.4 is 23.7 Å². The highest BCUT2D eigenvalue weighted by atomic mass is 79.9. The van der Waals surface area contributed by atoms with Crippen LogP contribution in [0.3, 0.4) is 0 Å². The Morgan fingerprint density at radius 1 is 0.306 bits per heavy atom. The number of hydrogen-bond acceptors (Lipinski definition) is 10.